The second-order valence-electron chi connectivity index (χ2n) is 5.09. The number of ether oxygens (including phenoxy) is 1. The summed E-state index contributed by atoms with van der Waals surface area (Å²) in [7, 11) is 0. The number of alkyl carbamates (subject to hydrolysis) is 1. The van der Waals surface area contributed by atoms with Gasteiger partial charge in [-0.05, 0) is 26.8 Å². The van der Waals surface area contributed by atoms with Gasteiger partial charge in [-0.15, -0.1) is 0 Å². The summed E-state index contributed by atoms with van der Waals surface area (Å²) in [5.74, 6) is 4.64. The Morgan fingerprint density at radius 3 is 2.71 bits per heavy atom. The largest absolute Gasteiger partial charge is 0.501 e. The summed E-state index contributed by atoms with van der Waals surface area (Å²) in [6.07, 6.45) is -0.611. The van der Waals surface area contributed by atoms with E-state index >= 15 is 0 Å². The third-order valence-electron chi connectivity index (χ3n) is 2.15. The lowest BCUT2D eigenvalue weighted by Crippen LogP contribution is -2.32. The Hall–Kier alpha value is -2.75. The van der Waals surface area contributed by atoms with E-state index in [-0.39, 0.29) is 12.1 Å². The van der Waals surface area contributed by atoms with E-state index in [1.165, 1.54) is 18.2 Å². The molecule has 1 rings (SSSR count). The van der Waals surface area contributed by atoms with Crippen molar-refractivity contribution < 1.29 is 19.6 Å². The van der Waals surface area contributed by atoms with Gasteiger partial charge in [-0.25, -0.2) is 4.79 Å². The minimum absolute atomic E-state index is 0.00293. The van der Waals surface area contributed by atoms with Gasteiger partial charge in [0.2, 0.25) is 5.75 Å². The molecule has 0 atom stereocenters. The van der Waals surface area contributed by atoms with E-state index in [2.05, 4.69) is 17.2 Å². The topological polar surface area (TPSA) is 102 Å². The number of carbonyl (C=O) groups excluding carboxylic acids is 1. The van der Waals surface area contributed by atoms with E-state index in [4.69, 9.17) is 4.74 Å². The lowest BCUT2D eigenvalue weighted by atomic mass is 10.2. The zero-order valence-corrected chi connectivity index (χ0v) is 12.0. The van der Waals surface area contributed by atoms with Gasteiger partial charge in [0.1, 0.15) is 5.60 Å². The van der Waals surface area contributed by atoms with Crippen LogP contribution in [0.1, 0.15) is 26.3 Å². The molecule has 0 radical (unpaired) electrons. The number of amides is 1. The smallest absolute Gasteiger partial charge is 0.408 e. The molecule has 0 saturated heterocycles. The number of nitro benzene ring substituents is 1. The number of nitrogens with zero attached hydrogens (tertiary/aromatic N) is 1. The van der Waals surface area contributed by atoms with E-state index in [0.29, 0.717) is 0 Å². The number of para-hydroxylation sites is 1. The molecule has 0 unspecified atom stereocenters. The second-order valence-corrected chi connectivity index (χ2v) is 5.09. The molecule has 7 heteroatoms. The van der Waals surface area contributed by atoms with Crippen LogP contribution in [0.2, 0.25) is 0 Å². The number of hydrogen-bond acceptors (Lipinski definition) is 5. The first-order chi connectivity index (χ1) is 9.70. The van der Waals surface area contributed by atoms with Gasteiger partial charge < -0.3 is 15.2 Å². The summed E-state index contributed by atoms with van der Waals surface area (Å²) in [5.41, 5.74) is -0.896. The predicted molar refractivity (Wildman–Crippen MR) is 75.9 cm³/mol. The molecular formula is C14H16N2O5. The fourth-order valence-electron chi connectivity index (χ4n) is 1.35. The highest BCUT2D eigenvalue weighted by atomic mass is 16.6. The van der Waals surface area contributed by atoms with E-state index in [0.717, 1.165) is 0 Å². The van der Waals surface area contributed by atoms with Gasteiger partial charge in [0.25, 0.3) is 0 Å². The second kappa shape index (κ2) is 6.61. The van der Waals surface area contributed by atoms with Crippen LogP contribution in [-0.4, -0.2) is 28.3 Å². The fraction of sp³-hybridized carbons (Fsp3) is 0.357. The van der Waals surface area contributed by atoms with Crippen LogP contribution < -0.4 is 5.32 Å². The van der Waals surface area contributed by atoms with Crippen LogP contribution in [0.5, 0.6) is 5.75 Å². The van der Waals surface area contributed by atoms with E-state index in [1.54, 1.807) is 20.8 Å². The number of phenolic OH excluding ortho intramolecular Hbond substituents is 1. The number of nitrogens with one attached hydrogen (secondary N) is 1. The zero-order valence-electron chi connectivity index (χ0n) is 12.0. The van der Waals surface area contributed by atoms with Crippen molar-refractivity contribution in [3.8, 4) is 17.6 Å². The van der Waals surface area contributed by atoms with E-state index < -0.39 is 28.1 Å². The maximum Gasteiger partial charge on any atom is 0.408 e. The highest BCUT2D eigenvalue weighted by Gasteiger charge is 2.16. The Labute approximate surface area is 122 Å². The Morgan fingerprint density at radius 1 is 1.48 bits per heavy atom. The van der Waals surface area contributed by atoms with Gasteiger partial charge >= 0.3 is 11.8 Å². The molecule has 1 aromatic rings. The SMILES string of the molecule is CC(C)(C)OC(=O)NCC#Cc1cccc([N+](=O)[O-])c1O. The third kappa shape index (κ3) is 5.40. The molecule has 0 aliphatic carbocycles. The molecule has 0 aromatic heterocycles. The van der Waals surface area contributed by atoms with Crippen LogP contribution in [0.25, 0.3) is 0 Å². The average molecular weight is 292 g/mol. The van der Waals surface area contributed by atoms with Crippen molar-refractivity contribution in [2.24, 2.45) is 0 Å². The van der Waals surface area contributed by atoms with Crippen molar-refractivity contribution in [2.45, 2.75) is 26.4 Å². The molecule has 0 fully saturated rings. The Morgan fingerprint density at radius 2 is 2.14 bits per heavy atom. The van der Waals surface area contributed by atoms with Gasteiger partial charge in [0, 0.05) is 6.07 Å². The van der Waals surface area contributed by atoms with E-state index in [9.17, 15) is 20.0 Å². The normalized spacial score (nSPS) is 10.2. The van der Waals surface area contributed by atoms with Crippen molar-refractivity contribution in [3.63, 3.8) is 0 Å². The zero-order chi connectivity index (χ0) is 16.0. The van der Waals surface area contributed by atoms with Crippen molar-refractivity contribution in [1.29, 1.82) is 0 Å². The monoisotopic (exact) mass is 292 g/mol. The highest BCUT2D eigenvalue weighted by Crippen LogP contribution is 2.28. The average Bonchev–Trinajstić information content (AvgIpc) is 2.33. The molecule has 21 heavy (non-hydrogen) atoms. The Bertz CT molecular complexity index is 608. The number of carbonyl (C=O) groups is 1. The molecule has 0 bridgehead atoms. The summed E-state index contributed by atoms with van der Waals surface area (Å²) in [6.45, 7) is 5.20. The van der Waals surface area contributed by atoms with Crippen LogP contribution in [0.15, 0.2) is 18.2 Å². The molecular weight excluding hydrogens is 276 g/mol. The molecule has 0 aliphatic heterocycles. The van der Waals surface area contributed by atoms with Crippen LogP contribution in [0.4, 0.5) is 10.5 Å². The number of hydrogen-bond donors (Lipinski definition) is 2. The minimum Gasteiger partial charge on any atom is -0.501 e. The number of phenols is 1. The Kier molecular flexibility index (Phi) is 5.13. The van der Waals surface area contributed by atoms with Crippen molar-refractivity contribution >= 4 is 11.8 Å². The number of benzene rings is 1. The molecule has 0 saturated carbocycles. The molecule has 7 nitrogen and oxygen atoms in total. The van der Waals surface area contributed by atoms with Gasteiger partial charge in [0.05, 0.1) is 17.0 Å². The molecule has 0 heterocycles. The van der Waals surface area contributed by atoms with Gasteiger partial charge in [0.15, 0.2) is 0 Å². The van der Waals surface area contributed by atoms with Crippen LogP contribution >= 0.6 is 0 Å². The quantitative estimate of drug-likeness (QED) is 0.494. The van der Waals surface area contributed by atoms with Crippen molar-refractivity contribution in [1.82, 2.24) is 5.32 Å². The van der Waals surface area contributed by atoms with Gasteiger partial charge in [-0.3, -0.25) is 10.1 Å². The predicted octanol–water partition coefficient (Wildman–Crippen LogP) is 2.18. The summed E-state index contributed by atoms with van der Waals surface area (Å²) in [5, 5.41) is 22.7. The molecule has 112 valence electrons. The first kappa shape index (κ1) is 16.3. The standard InChI is InChI=1S/C14H16N2O5/c1-14(2,3)21-13(18)15-9-5-7-10-6-4-8-11(12(10)17)16(19)20/h4,6,8,17H,9H2,1-3H3,(H,15,18). The number of aromatic hydroxyl groups is 1. The van der Waals surface area contributed by atoms with Crippen LogP contribution in [-0.2, 0) is 4.74 Å². The Balaban J connectivity index is 2.66. The first-order valence-corrected chi connectivity index (χ1v) is 6.13. The lowest BCUT2D eigenvalue weighted by molar-refractivity contribution is -0.385. The minimum atomic E-state index is -0.695. The first-order valence-electron chi connectivity index (χ1n) is 6.13. The van der Waals surface area contributed by atoms with Gasteiger partial charge in [-0.1, -0.05) is 17.9 Å². The fourth-order valence-corrected chi connectivity index (χ4v) is 1.35. The maximum absolute atomic E-state index is 11.3. The molecule has 2 N–H and O–H groups in total. The van der Waals surface area contributed by atoms with Crippen LogP contribution in [0.3, 0.4) is 0 Å². The molecule has 1 amide bonds. The third-order valence-corrected chi connectivity index (χ3v) is 2.15. The molecule has 1 aromatic carbocycles. The summed E-state index contributed by atoms with van der Waals surface area (Å²) in [4.78, 5) is 21.3. The van der Waals surface area contributed by atoms with Crippen molar-refractivity contribution in [3.05, 3.63) is 33.9 Å². The highest BCUT2D eigenvalue weighted by molar-refractivity contribution is 5.68. The summed E-state index contributed by atoms with van der Waals surface area (Å²) in [6, 6.07) is 4.05. The molecule has 0 spiro atoms. The number of rotatable bonds is 2. The molecule has 0 aliphatic rings. The summed E-state index contributed by atoms with van der Waals surface area (Å²) < 4.78 is 5.01. The van der Waals surface area contributed by atoms with Gasteiger partial charge in [-0.2, -0.15) is 0 Å². The lowest BCUT2D eigenvalue weighted by Gasteiger charge is -2.18. The van der Waals surface area contributed by atoms with Crippen LogP contribution in [0, 0.1) is 22.0 Å². The van der Waals surface area contributed by atoms with Crippen molar-refractivity contribution in [2.75, 3.05) is 6.54 Å². The van der Waals surface area contributed by atoms with E-state index in [1.807, 2.05) is 0 Å². The summed E-state index contributed by atoms with van der Waals surface area (Å²) >= 11 is 0. The number of nitro groups is 1. The maximum atomic E-state index is 11.3.